The van der Waals surface area contributed by atoms with Gasteiger partial charge in [0.05, 0.1) is 5.41 Å². The van der Waals surface area contributed by atoms with Crippen molar-refractivity contribution in [2.75, 3.05) is 0 Å². The van der Waals surface area contributed by atoms with Crippen molar-refractivity contribution in [3.63, 3.8) is 0 Å². The fourth-order valence-electron chi connectivity index (χ4n) is 11.1. The average molecular weight is 801 g/mol. The number of fused-ring (bicyclic) bond motifs is 13. The predicted octanol–water partition coefficient (Wildman–Crippen LogP) is 16.1. The Morgan fingerprint density at radius 1 is 0.302 bits per heavy atom. The number of hydrogen-bond donors (Lipinski definition) is 0. The van der Waals surface area contributed by atoms with E-state index < -0.39 is 5.41 Å². The van der Waals surface area contributed by atoms with Crippen LogP contribution in [0.4, 0.5) is 0 Å². The van der Waals surface area contributed by atoms with Crippen LogP contribution >= 0.6 is 0 Å². The number of hydrogen-bond acceptors (Lipinski definition) is 1. The minimum absolute atomic E-state index is 0.0411. The van der Waals surface area contributed by atoms with Gasteiger partial charge in [-0.1, -0.05) is 231 Å². The van der Waals surface area contributed by atoms with Gasteiger partial charge in [-0.05, 0) is 95.1 Å². The van der Waals surface area contributed by atoms with E-state index in [-0.39, 0.29) is 5.92 Å². The molecule has 0 saturated heterocycles. The van der Waals surface area contributed by atoms with E-state index in [0.29, 0.717) is 0 Å². The molecule has 0 bridgehead atoms. The SMILES string of the molecule is c1ccc(-c2ccc(-c3ccc(C(c4ccc(-c5cccc6c5oc5ccccc56)cc4)c4cccc5c4-c4ccccc4C54c5ccccc5-c5ccccc54)cc3)cc2)cc1. The van der Waals surface area contributed by atoms with Crippen molar-refractivity contribution in [2.45, 2.75) is 11.3 Å². The lowest BCUT2D eigenvalue weighted by Crippen LogP contribution is -2.25. The maximum Gasteiger partial charge on any atom is 0.143 e. The molecule has 0 amide bonds. The number of benzene rings is 10. The third kappa shape index (κ3) is 5.30. The second-order valence-electron chi connectivity index (χ2n) is 17.1. The van der Waals surface area contributed by atoms with E-state index in [4.69, 9.17) is 4.42 Å². The van der Waals surface area contributed by atoms with Gasteiger partial charge in [0.25, 0.3) is 0 Å². The summed E-state index contributed by atoms with van der Waals surface area (Å²) in [6.45, 7) is 0. The Bertz CT molecular complexity index is 3490. The average Bonchev–Trinajstić information content (AvgIpc) is 4.00. The standard InChI is InChI=1S/C62H40O/c1-2-14-40(15-3-1)41-28-30-42(31-29-41)43-32-36-45(37-33-43)59(46-38-34-44(35-39-46)47-20-12-21-51-50-18-7-11-27-58(50)63-61(47)51)53-22-13-26-57-60(53)52-19-6-10-25-56(52)62(57)54-23-8-4-16-48(54)49-17-5-9-24-55(49)62/h1-39,59H. The van der Waals surface area contributed by atoms with Crippen LogP contribution in [0.3, 0.4) is 0 Å². The van der Waals surface area contributed by atoms with Crippen LogP contribution < -0.4 is 0 Å². The Morgan fingerprint density at radius 3 is 1.40 bits per heavy atom. The third-order valence-corrected chi connectivity index (χ3v) is 13.9. The minimum Gasteiger partial charge on any atom is -0.455 e. The van der Waals surface area contributed by atoms with Gasteiger partial charge in [0.15, 0.2) is 0 Å². The number of rotatable bonds is 6. The summed E-state index contributed by atoms with van der Waals surface area (Å²) in [5.41, 5.74) is 23.0. The maximum atomic E-state index is 6.51. The van der Waals surface area contributed by atoms with E-state index in [1.807, 2.05) is 6.07 Å². The molecule has 13 rings (SSSR count). The summed E-state index contributed by atoms with van der Waals surface area (Å²) in [4.78, 5) is 0. The monoisotopic (exact) mass is 800 g/mol. The zero-order valence-corrected chi connectivity index (χ0v) is 34.5. The molecule has 1 unspecified atom stereocenters. The summed E-state index contributed by atoms with van der Waals surface area (Å²) in [6, 6.07) is 87.3. The Balaban J connectivity index is 0.987. The topological polar surface area (TPSA) is 13.1 Å². The van der Waals surface area contributed by atoms with Crippen molar-refractivity contribution in [1.82, 2.24) is 0 Å². The molecule has 1 atom stereocenters. The maximum absolute atomic E-state index is 6.51. The highest BCUT2D eigenvalue weighted by Gasteiger charge is 2.52. The second kappa shape index (κ2) is 14.0. The smallest absolute Gasteiger partial charge is 0.143 e. The minimum atomic E-state index is -0.412. The lowest BCUT2D eigenvalue weighted by atomic mass is 9.70. The molecule has 0 radical (unpaired) electrons. The summed E-state index contributed by atoms with van der Waals surface area (Å²) in [7, 11) is 0. The van der Waals surface area contributed by atoms with E-state index in [9.17, 15) is 0 Å². The van der Waals surface area contributed by atoms with Crippen LogP contribution in [-0.2, 0) is 5.41 Å². The molecule has 10 aromatic carbocycles. The van der Waals surface area contributed by atoms with Gasteiger partial charge in [-0.2, -0.15) is 0 Å². The van der Waals surface area contributed by atoms with Gasteiger partial charge in [0.1, 0.15) is 11.2 Å². The first-order valence-corrected chi connectivity index (χ1v) is 21.9. The van der Waals surface area contributed by atoms with Gasteiger partial charge in [0, 0.05) is 22.3 Å². The Hall–Kier alpha value is -8.00. The van der Waals surface area contributed by atoms with Crippen molar-refractivity contribution < 1.29 is 4.42 Å². The largest absolute Gasteiger partial charge is 0.455 e. The second-order valence-corrected chi connectivity index (χ2v) is 17.1. The molecule has 294 valence electrons. The quantitative estimate of drug-likeness (QED) is 0.153. The third-order valence-electron chi connectivity index (χ3n) is 13.9. The van der Waals surface area contributed by atoms with Gasteiger partial charge in [-0.15, -0.1) is 0 Å². The number of para-hydroxylation sites is 2. The first-order chi connectivity index (χ1) is 31.3. The van der Waals surface area contributed by atoms with E-state index in [1.165, 1.54) is 83.5 Å². The fraction of sp³-hybridized carbons (Fsp3) is 0.0323. The van der Waals surface area contributed by atoms with Crippen LogP contribution in [0.5, 0.6) is 0 Å². The zero-order valence-electron chi connectivity index (χ0n) is 34.5. The van der Waals surface area contributed by atoms with Crippen molar-refractivity contribution in [3.8, 4) is 55.6 Å². The summed E-state index contributed by atoms with van der Waals surface area (Å²) >= 11 is 0. The molecule has 1 heterocycles. The first-order valence-electron chi connectivity index (χ1n) is 21.9. The molecule has 0 fully saturated rings. The molecule has 1 aromatic heterocycles. The van der Waals surface area contributed by atoms with Crippen molar-refractivity contribution in [2.24, 2.45) is 0 Å². The van der Waals surface area contributed by atoms with E-state index >= 15 is 0 Å². The van der Waals surface area contributed by atoms with Gasteiger partial charge in [0.2, 0.25) is 0 Å². The Kier molecular flexibility index (Phi) is 7.95. The van der Waals surface area contributed by atoms with Crippen LogP contribution in [0.1, 0.15) is 44.9 Å². The van der Waals surface area contributed by atoms with Crippen molar-refractivity contribution in [3.05, 3.63) is 276 Å². The molecule has 0 N–H and O–H groups in total. The lowest BCUT2D eigenvalue weighted by Gasteiger charge is -2.31. The molecule has 2 aliphatic carbocycles. The van der Waals surface area contributed by atoms with Crippen LogP contribution in [0.15, 0.2) is 241 Å². The lowest BCUT2D eigenvalue weighted by molar-refractivity contribution is 0.670. The summed E-state index contributed by atoms with van der Waals surface area (Å²) < 4.78 is 6.51. The van der Waals surface area contributed by atoms with Crippen LogP contribution in [0.25, 0.3) is 77.6 Å². The molecule has 0 aliphatic heterocycles. The molecule has 11 aromatic rings. The number of furan rings is 1. The van der Waals surface area contributed by atoms with E-state index in [2.05, 4.69) is 231 Å². The normalized spacial score (nSPS) is 13.5. The molecular weight excluding hydrogens is 761 g/mol. The van der Waals surface area contributed by atoms with Gasteiger partial charge in [-0.3, -0.25) is 0 Å². The molecule has 2 aliphatic rings. The van der Waals surface area contributed by atoms with Crippen molar-refractivity contribution in [1.29, 1.82) is 0 Å². The predicted molar refractivity (Wildman–Crippen MR) is 260 cm³/mol. The fourth-order valence-corrected chi connectivity index (χ4v) is 11.1. The molecule has 1 spiro atoms. The van der Waals surface area contributed by atoms with Crippen molar-refractivity contribution >= 4 is 21.9 Å². The van der Waals surface area contributed by atoms with Gasteiger partial charge < -0.3 is 4.42 Å². The highest BCUT2D eigenvalue weighted by Crippen LogP contribution is 2.64. The highest BCUT2D eigenvalue weighted by molar-refractivity contribution is 6.09. The van der Waals surface area contributed by atoms with E-state index in [1.54, 1.807) is 0 Å². The molecule has 1 heteroatoms. The molecule has 63 heavy (non-hydrogen) atoms. The molecule has 0 saturated carbocycles. The summed E-state index contributed by atoms with van der Waals surface area (Å²) in [5, 5.41) is 2.28. The summed E-state index contributed by atoms with van der Waals surface area (Å²) in [6.07, 6.45) is 0. The Morgan fingerprint density at radius 2 is 0.746 bits per heavy atom. The summed E-state index contributed by atoms with van der Waals surface area (Å²) in [5.74, 6) is -0.0411. The van der Waals surface area contributed by atoms with Crippen LogP contribution in [0, 0.1) is 0 Å². The van der Waals surface area contributed by atoms with E-state index in [0.717, 1.165) is 33.1 Å². The highest BCUT2D eigenvalue weighted by atomic mass is 16.3. The van der Waals surface area contributed by atoms with Crippen LogP contribution in [-0.4, -0.2) is 0 Å². The first kappa shape index (κ1) is 35.7. The molecule has 1 nitrogen and oxygen atoms in total. The Labute approximate surface area is 367 Å². The van der Waals surface area contributed by atoms with Gasteiger partial charge in [-0.25, -0.2) is 0 Å². The zero-order chi connectivity index (χ0) is 41.5. The molecular formula is C62H40O. The van der Waals surface area contributed by atoms with Gasteiger partial charge >= 0.3 is 0 Å². The van der Waals surface area contributed by atoms with Crippen LogP contribution in [0.2, 0.25) is 0 Å².